The van der Waals surface area contributed by atoms with Crippen molar-refractivity contribution in [3.63, 3.8) is 0 Å². The Kier molecular flexibility index (Phi) is 7.42. The summed E-state index contributed by atoms with van der Waals surface area (Å²) in [6.07, 6.45) is 3.83. The highest BCUT2D eigenvalue weighted by Gasteiger charge is 2.08. The van der Waals surface area contributed by atoms with Crippen molar-refractivity contribution in [1.29, 1.82) is 0 Å². The van der Waals surface area contributed by atoms with Crippen LogP contribution in [0.5, 0.6) is 0 Å². The molecule has 0 heterocycles. The highest BCUT2D eigenvalue weighted by atomic mass is 16.3. The molecule has 2 aromatic rings. The molecular formula is C23H30O2. The normalized spacial score (nSPS) is 11.1. The molecule has 2 heteroatoms. The first-order valence-corrected chi connectivity index (χ1v) is 9.18. The molecule has 25 heavy (non-hydrogen) atoms. The Balaban J connectivity index is 2.12. The lowest BCUT2D eigenvalue weighted by molar-refractivity contribution is 0.142. The molecule has 0 bridgehead atoms. The van der Waals surface area contributed by atoms with Gasteiger partial charge in [0.2, 0.25) is 0 Å². The average Bonchev–Trinajstić information content (AvgIpc) is 2.65. The van der Waals surface area contributed by atoms with Gasteiger partial charge in [-0.25, -0.2) is 0 Å². The van der Waals surface area contributed by atoms with Gasteiger partial charge in [-0.05, 0) is 60.4 Å². The molecule has 2 N–H and O–H groups in total. The van der Waals surface area contributed by atoms with Crippen LogP contribution in [0.25, 0.3) is 16.7 Å². The summed E-state index contributed by atoms with van der Waals surface area (Å²) >= 11 is 0. The van der Waals surface area contributed by atoms with Gasteiger partial charge in [-0.2, -0.15) is 0 Å². The summed E-state index contributed by atoms with van der Waals surface area (Å²) in [4.78, 5) is 0. The molecule has 2 nitrogen and oxygen atoms in total. The van der Waals surface area contributed by atoms with Crippen LogP contribution in [0.3, 0.4) is 0 Å². The minimum Gasteiger partial charge on any atom is -0.396 e. The van der Waals surface area contributed by atoms with Gasteiger partial charge >= 0.3 is 0 Å². The molecule has 0 aliphatic heterocycles. The lowest BCUT2D eigenvalue weighted by Crippen LogP contribution is -2.11. The Morgan fingerprint density at radius 1 is 1.04 bits per heavy atom. The summed E-state index contributed by atoms with van der Waals surface area (Å²) in [5.74, 6) is 0.0109. The Hall–Kier alpha value is -1.90. The standard InChI is InChI=1S/C23H30O2/c1-4-20-14-18(6-5-7-19(15-24)16-25)8-13-23(20)22-11-9-21(10-12-22)17(2)3/h8-14,19,24-25H,2,4-7,15-16H2,1,3H3. The highest BCUT2D eigenvalue weighted by Crippen LogP contribution is 2.27. The fourth-order valence-electron chi connectivity index (χ4n) is 3.15. The van der Waals surface area contributed by atoms with Crippen LogP contribution >= 0.6 is 0 Å². The van der Waals surface area contributed by atoms with Gasteiger partial charge in [0, 0.05) is 19.1 Å². The maximum atomic E-state index is 9.16. The number of hydrogen-bond acceptors (Lipinski definition) is 2. The number of aliphatic hydroxyl groups is 2. The summed E-state index contributed by atoms with van der Waals surface area (Å²) in [5, 5.41) is 18.3. The molecule has 0 aliphatic carbocycles. The maximum Gasteiger partial charge on any atom is 0.0481 e. The number of aliphatic hydroxyl groups excluding tert-OH is 2. The molecule has 0 unspecified atom stereocenters. The van der Waals surface area contributed by atoms with E-state index in [0.717, 1.165) is 31.3 Å². The number of rotatable bonds is 9. The monoisotopic (exact) mass is 338 g/mol. The van der Waals surface area contributed by atoms with E-state index in [1.54, 1.807) is 0 Å². The quantitative estimate of drug-likeness (QED) is 0.684. The zero-order valence-electron chi connectivity index (χ0n) is 15.5. The van der Waals surface area contributed by atoms with Crippen LogP contribution in [0.4, 0.5) is 0 Å². The molecule has 0 saturated heterocycles. The van der Waals surface area contributed by atoms with Crippen LogP contribution < -0.4 is 0 Å². The summed E-state index contributed by atoms with van der Waals surface area (Å²) in [6, 6.07) is 15.3. The number of benzene rings is 2. The van der Waals surface area contributed by atoms with E-state index in [9.17, 15) is 0 Å². The zero-order valence-corrected chi connectivity index (χ0v) is 15.5. The first-order valence-electron chi connectivity index (χ1n) is 9.18. The molecule has 0 saturated carbocycles. The number of allylic oxidation sites excluding steroid dienone is 1. The summed E-state index contributed by atoms with van der Waals surface area (Å²) in [6.45, 7) is 8.35. The number of hydrogen-bond donors (Lipinski definition) is 2. The van der Waals surface area contributed by atoms with Crippen LogP contribution in [0.15, 0.2) is 49.0 Å². The second-order valence-electron chi connectivity index (χ2n) is 6.83. The highest BCUT2D eigenvalue weighted by molar-refractivity contribution is 5.71. The predicted molar refractivity (Wildman–Crippen MR) is 107 cm³/mol. The molecule has 0 atom stereocenters. The average molecular weight is 338 g/mol. The van der Waals surface area contributed by atoms with E-state index in [2.05, 4.69) is 56.0 Å². The van der Waals surface area contributed by atoms with Crippen molar-refractivity contribution in [2.45, 2.75) is 39.5 Å². The van der Waals surface area contributed by atoms with E-state index < -0.39 is 0 Å². The van der Waals surface area contributed by atoms with Gasteiger partial charge in [-0.15, -0.1) is 0 Å². The predicted octanol–water partition coefficient (Wildman–Crippen LogP) is 4.87. The van der Waals surface area contributed by atoms with Gasteiger partial charge in [0.25, 0.3) is 0 Å². The van der Waals surface area contributed by atoms with Crippen molar-refractivity contribution in [3.8, 4) is 11.1 Å². The lowest BCUT2D eigenvalue weighted by Gasteiger charge is -2.13. The smallest absolute Gasteiger partial charge is 0.0481 e. The zero-order chi connectivity index (χ0) is 18.2. The minimum absolute atomic E-state index is 0.0109. The second-order valence-corrected chi connectivity index (χ2v) is 6.83. The summed E-state index contributed by atoms with van der Waals surface area (Å²) in [5.41, 5.74) is 7.50. The molecule has 2 rings (SSSR count). The van der Waals surface area contributed by atoms with E-state index in [1.165, 1.54) is 27.8 Å². The third-order valence-electron chi connectivity index (χ3n) is 4.83. The molecule has 2 aromatic carbocycles. The Labute approximate surface area is 151 Å². The maximum absolute atomic E-state index is 9.16. The molecule has 0 radical (unpaired) electrons. The van der Waals surface area contributed by atoms with Gasteiger partial charge in [-0.3, -0.25) is 0 Å². The van der Waals surface area contributed by atoms with E-state index in [-0.39, 0.29) is 19.1 Å². The van der Waals surface area contributed by atoms with Crippen molar-refractivity contribution in [2.75, 3.05) is 13.2 Å². The molecular weight excluding hydrogens is 308 g/mol. The fraction of sp³-hybridized carbons (Fsp3) is 0.391. The first-order chi connectivity index (χ1) is 12.1. The molecule has 134 valence electrons. The van der Waals surface area contributed by atoms with Gasteiger partial charge in [0.05, 0.1) is 0 Å². The van der Waals surface area contributed by atoms with Crippen LogP contribution in [0, 0.1) is 5.92 Å². The summed E-state index contributed by atoms with van der Waals surface area (Å²) < 4.78 is 0. The Bertz CT molecular complexity index is 682. The molecule has 0 aromatic heterocycles. The van der Waals surface area contributed by atoms with E-state index in [4.69, 9.17) is 10.2 Å². The van der Waals surface area contributed by atoms with E-state index in [1.807, 2.05) is 6.92 Å². The van der Waals surface area contributed by atoms with Crippen LogP contribution in [-0.2, 0) is 12.8 Å². The SMILES string of the molecule is C=C(C)c1ccc(-c2ccc(CCCC(CO)CO)cc2CC)cc1. The molecule has 0 aliphatic rings. The van der Waals surface area contributed by atoms with E-state index in [0.29, 0.717) is 0 Å². The van der Waals surface area contributed by atoms with Gasteiger partial charge in [-0.1, -0.05) is 61.5 Å². The van der Waals surface area contributed by atoms with Gasteiger partial charge in [0.1, 0.15) is 0 Å². The third kappa shape index (κ3) is 5.29. The summed E-state index contributed by atoms with van der Waals surface area (Å²) in [7, 11) is 0. The fourth-order valence-corrected chi connectivity index (χ4v) is 3.15. The van der Waals surface area contributed by atoms with Crippen LogP contribution in [0.2, 0.25) is 0 Å². The Morgan fingerprint density at radius 2 is 1.72 bits per heavy atom. The van der Waals surface area contributed by atoms with Crippen molar-refractivity contribution in [2.24, 2.45) is 5.92 Å². The van der Waals surface area contributed by atoms with Crippen molar-refractivity contribution in [3.05, 3.63) is 65.7 Å². The van der Waals surface area contributed by atoms with Gasteiger partial charge < -0.3 is 10.2 Å². The molecule has 0 amide bonds. The van der Waals surface area contributed by atoms with E-state index >= 15 is 0 Å². The second kappa shape index (κ2) is 9.55. The van der Waals surface area contributed by atoms with Crippen LogP contribution in [0.1, 0.15) is 43.4 Å². The minimum atomic E-state index is 0.0109. The topological polar surface area (TPSA) is 40.5 Å². The largest absolute Gasteiger partial charge is 0.396 e. The number of aryl methyl sites for hydroxylation is 2. The van der Waals surface area contributed by atoms with Crippen molar-refractivity contribution in [1.82, 2.24) is 0 Å². The van der Waals surface area contributed by atoms with Crippen molar-refractivity contribution >= 4 is 5.57 Å². The Morgan fingerprint density at radius 3 is 2.28 bits per heavy atom. The van der Waals surface area contributed by atoms with Crippen LogP contribution in [-0.4, -0.2) is 23.4 Å². The lowest BCUT2D eigenvalue weighted by atomic mass is 9.93. The molecule has 0 fully saturated rings. The van der Waals surface area contributed by atoms with Gasteiger partial charge in [0.15, 0.2) is 0 Å². The molecule has 0 spiro atoms. The first kappa shape index (κ1) is 19.4. The van der Waals surface area contributed by atoms with Crippen molar-refractivity contribution < 1.29 is 10.2 Å². The third-order valence-corrected chi connectivity index (χ3v) is 4.83.